The second-order valence-electron chi connectivity index (χ2n) is 17.1. The van der Waals surface area contributed by atoms with Crippen LogP contribution in [-0.4, -0.2) is 99.1 Å². The van der Waals surface area contributed by atoms with Crippen molar-refractivity contribution in [3.8, 4) is 17.3 Å². The first-order chi connectivity index (χ1) is 27.4. The van der Waals surface area contributed by atoms with Gasteiger partial charge in [0.25, 0.3) is 5.91 Å². The van der Waals surface area contributed by atoms with E-state index in [4.69, 9.17) is 19.6 Å². The summed E-state index contributed by atoms with van der Waals surface area (Å²) in [5, 5.41) is 20.5. The number of nitrogens with zero attached hydrogens (tertiary/aromatic N) is 4. The molecule has 3 aromatic rings. The summed E-state index contributed by atoms with van der Waals surface area (Å²) in [6.45, 7) is 9.42. The molecular formula is C41H53N7O9S. The van der Waals surface area contributed by atoms with Gasteiger partial charge in [0.2, 0.25) is 21.8 Å². The molecule has 0 radical (unpaired) electrons. The van der Waals surface area contributed by atoms with Crippen molar-refractivity contribution in [2.24, 2.45) is 17.8 Å². The van der Waals surface area contributed by atoms with E-state index in [1.807, 2.05) is 58.2 Å². The summed E-state index contributed by atoms with van der Waals surface area (Å²) in [6, 6.07) is 6.63. The number of sulfonamides is 1. The molecule has 2 aromatic heterocycles. The zero-order valence-electron chi connectivity index (χ0n) is 33.7. The Bertz CT molecular complexity index is 2250. The predicted molar refractivity (Wildman–Crippen MR) is 214 cm³/mol. The Labute approximate surface area is 338 Å². The number of aromatic nitrogens is 3. The number of nitrogens with one attached hydrogen (secondary N) is 3. The van der Waals surface area contributed by atoms with Crippen LogP contribution in [0, 0.1) is 17.8 Å². The summed E-state index contributed by atoms with van der Waals surface area (Å²) in [6.07, 6.45) is 6.36. The van der Waals surface area contributed by atoms with Gasteiger partial charge in [-0.1, -0.05) is 39.8 Å². The average Bonchev–Trinajstić information content (AvgIpc) is 3.94. The van der Waals surface area contributed by atoms with Gasteiger partial charge in [0.15, 0.2) is 5.82 Å². The highest BCUT2D eigenvalue weighted by Gasteiger charge is 2.63. The summed E-state index contributed by atoms with van der Waals surface area (Å²) >= 11 is 0. The highest BCUT2D eigenvalue weighted by atomic mass is 32.2. The lowest BCUT2D eigenvalue weighted by atomic mass is 9.88. The Hall–Kier alpha value is -5.19. The van der Waals surface area contributed by atoms with Gasteiger partial charge in [0.05, 0.1) is 29.6 Å². The molecule has 17 heteroatoms. The Morgan fingerprint density at radius 2 is 1.86 bits per heavy atom. The van der Waals surface area contributed by atoms with Crippen molar-refractivity contribution >= 4 is 44.7 Å². The molecule has 4 heterocycles. The Morgan fingerprint density at radius 3 is 2.53 bits per heavy atom. The zero-order chi connectivity index (χ0) is 41.7. The molecule has 0 unspecified atom stereocenters. The maximum Gasteiger partial charge on any atom is 0.405 e. The monoisotopic (exact) mass is 819 g/mol. The summed E-state index contributed by atoms with van der Waals surface area (Å²) < 4.78 is 41.5. The van der Waals surface area contributed by atoms with E-state index in [1.54, 1.807) is 36.9 Å². The van der Waals surface area contributed by atoms with Crippen molar-refractivity contribution in [3.05, 3.63) is 54.4 Å². The van der Waals surface area contributed by atoms with Gasteiger partial charge in [-0.15, -0.1) is 0 Å². The van der Waals surface area contributed by atoms with Gasteiger partial charge in [-0.2, -0.15) is 5.10 Å². The van der Waals surface area contributed by atoms with Gasteiger partial charge in [-0.3, -0.25) is 19.1 Å². The highest BCUT2D eigenvalue weighted by Crippen LogP contribution is 2.47. The van der Waals surface area contributed by atoms with Crippen LogP contribution in [-0.2, 0) is 24.4 Å². The first-order valence-electron chi connectivity index (χ1n) is 20.0. The number of hydrogen-bond acceptors (Lipinski definition) is 10. The lowest BCUT2D eigenvalue weighted by molar-refractivity contribution is -0.142. The van der Waals surface area contributed by atoms with Crippen molar-refractivity contribution in [2.75, 3.05) is 13.7 Å². The summed E-state index contributed by atoms with van der Waals surface area (Å²) in [5.74, 6) is -1.27. The maximum absolute atomic E-state index is 14.6. The van der Waals surface area contributed by atoms with Crippen molar-refractivity contribution in [1.82, 2.24) is 35.0 Å². The minimum Gasteiger partial charge on any atom is -0.497 e. The van der Waals surface area contributed by atoms with Crippen LogP contribution in [0.3, 0.4) is 0 Å². The first-order valence-corrected chi connectivity index (χ1v) is 21.5. The topological polar surface area (TPSA) is 211 Å². The number of methoxy groups -OCH3 is 1. The zero-order valence-corrected chi connectivity index (χ0v) is 34.5. The quantitative estimate of drug-likeness (QED) is 0.222. The number of ether oxygens (including phenoxy) is 2. The van der Waals surface area contributed by atoms with E-state index in [9.17, 15) is 32.7 Å². The second kappa shape index (κ2) is 15.5. The Kier molecular flexibility index (Phi) is 11.0. The van der Waals surface area contributed by atoms with Gasteiger partial charge >= 0.3 is 6.09 Å². The van der Waals surface area contributed by atoms with Crippen molar-refractivity contribution in [2.45, 2.75) is 114 Å². The van der Waals surface area contributed by atoms with Gasteiger partial charge in [-0.05, 0) is 81.4 Å². The molecule has 58 heavy (non-hydrogen) atoms. The average molecular weight is 820 g/mol. The third-order valence-corrected chi connectivity index (χ3v) is 14.4. The fraction of sp³-hybridized carbons (Fsp3) is 0.561. The minimum atomic E-state index is -4.02. The first kappa shape index (κ1) is 41.0. The standard InChI is InChI=1S/C41H53N7O9S/c1-23(2)30-13-16-48(45-30)34-20-33(29-12-11-27(56-6)18-31(29)42-34)57-28-19-32-36(49)44-41(38(51)46-58(54,55)40(5)14-15-40)21-26(41)10-8-7-9-24(3)17-25(4)35(43-39(52)53)37(50)47(32)22-28/h8,10-13,16,18,20,23-26,28,32,35,43H,7,9,14-15,17,19,21-22H2,1-6H3,(H,44,49)(H,46,51)(H,52,53)/t24-,25-,26-,28-,32+,35+,41-/m1/s1. The van der Waals surface area contributed by atoms with Crippen molar-refractivity contribution in [3.63, 3.8) is 0 Å². The van der Waals surface area contributed by atoms with E-state index in [0.29, 0.717) is 53.9 Å². The summed E-state index contributed by atoms with van der Waals surface area (Å²) in [7, 11) is -2.47. The molecular weight excluding hydrogens is 767 g/mol. The largest absolute Gasteiger partial charge is 0.497 e. The fourth-order valence-electron chi connectivity index (χ4n) is 8.19. The van der Waals surface area contributed by atoms with Crippen LogP contribution in [0.1, 0.15) is 91.2 Å². The van der Waals surface area contributed by atoms with Crippen LogP contribution in [0.2, 0.25) is 0 Å². The van der Waals surface area contributed by atoms with E-state index < -0.39 is 74.1 Å². The van der Waals surface area contributed by atoms with E-state index in [-0.39, 0.29) is 31.2 Å². The SMILES string of the molecule is COc1ccc2c(O[C@@H]3C[C@H]4C(=O)N[C@]5(C(=O)NS(=O)(=O)C6(C)CC6)C[C@H]5C=CCC[C@@H](C)C[C@@H](C)[C@H](NC(=O)O)C(=O)N4C3)cc(-n3ccc(C(C)C)n3)nc2c1. The molecule has 312 valence electrons. The highest BCUT2D eigenvalue weighted by molar-refractivity contribution is 7.91. The molecule has 1 saturated heterocycles. The van der Waals surface area contributed by atoms with Crippen LogP contribution >= 0.6 is 0 Å². The molecule has 0 spiro atoms. The van der Waals surface area contributed by atoms with Crippen LogP contribution in [0.25, 0.3) is 16.7 Å². The van der Waals surface area contributed by atoms with Gasteiger partial charge in [0, 0.05) is 36.1 Å². The number of benzene rings is 1. The van der Waals surface area contributed by atoms with Crippen LogP contribution in [0.15, 0.2) is 48.7 Å². The lowest BCUT2D eigenvalue weighted by Crippen LogP contribution is -2.59. The molecule has 3 fully saturated rings. The number of fused-ring (bicyclic) bond motifs is 3. The van der Waals surface area contributed by atoms with Gasteiger partial charge < -0.3 is 30.1 Å². The summed E-state index contributed by atoms with van der Waals surface area (Å²) in [4.78, 5) is 61.4. The van der Waals surface area contributed by atoms with E-state index >= 15 is 0 Å². The van der Waals surface area contributed by atoms with Crippen molar-refractivity contribution in [1.29, 1.82) is 0 Å². The molecule has 4 amide bonds. The third kappa shape index (κ3) is 8.09. The molecule has 4 aliphatic rings. The molecule has 7 rings (SSSR count). The molecule has 2 aliphatic heterocycles. The predicted octanol–water partition coefficient (Wildman–Crippen LogP) is 4.42. The Morgan fingerprint density at radius 1 is 1.10 bits per heavy atom. The molecule has 1 aromatic carbocycles. The van der Waals surface area contributed by atoms with Gasteiger partial charge in [-0.25, -0.2) is 22.9 Å². The number of allylic oxidation sites excluding steroid dienone is 1. The lowest BCUT2D eigenvalue weighted by Gasteiger charge is -2.32. The maximum atomic E-state index is 14.6. The van der Waals surface area contributed by atoms with Crippen LogP contribution < -0.4 is 24.8 Å². The van der Waals surface area contributed by atoms with Crippen molar-refractivity contribution < 1.29 is 42.2 Å². The van der Waals surface area contributed by atoms with E-state index in [1.165, 1.54) is 4.90 Å². The van der Waals surface area contributed by atoms with Crippen LogP contribution in [0.5, 0.6) is 11.5 Å². The molecule has 16 nitrogen and oxygen atoms in total. The normalized spacial score (nSPS) is 28.4. The molecule has 0 bridgehead atoms. The Balaban J connectivity index is 1.25. The minimum absolute atomic E-state index is 0.00864. The number of pyridine rings is 1. The summed E-state index contributed by atoms with van der Waals surface area (Å²) in [5.41, 5.74) is -0.141. The van der Waals surface area contributed by atoms with Crippen LogP contribution in [0.4, 0.5) is 4.79 Å². The third-order valence-electron chi connectivity index (χ3n) is 12.2. The number of hydrogen-bond donors (Lipinski definition) is 4. The number of carbonyl (C=O) groups excluding carboxylic acids is 3. The number of rotatable bonds is 9. The van der Waals surface area contributed by atoms with E-state index in [0.717, 1.165) is 12.1 Å². The van der Waals surface area contributed by atoms with E-state index in [2.05, 4.69) is 15.4 Å². The molecule has 2 saturated carbocycles. The molecule has 4 N–H and O–H groups in total. The number of carbonyl (C=O) groups is 4. The molecule has 2 aliphatic carbocycles. The molecule has 7 atom stereocenters. The fourth-order valence-corrected chi connectivity index (χ4v) is 9.50. The second-order valence-corrected chi connectivity index (χ2v) is 19.3. The smallest absolute Gasteiger partial charge is 0.405 e. The van der Waals surface area contributed by atoms with Gasteiger partial charge in [0.1, 0.15) is 35.2 Å². The number of amides is 4. The number of carboxylic acid groups (broad SMARTS) is 1.